The third-order valence-corrected chi connectivity index (χ3v) is 2.49. The number of rotatable bonds is 6. The van der Waals surface area contributed by atoms with Crippen molar-refractivity contribution in [2.24, 2.45) is 0 Å². The lowest BCUT2D eigenvalue weighted by Crippen LogP contribution is -2.29. The second kappa shape index (κ2) is 6.41. The number of carboxylic acids is 1. The SMILES string of the molecule is O=C(Cc1ccccn1)NCCn1cc(C(=O)O)nn1. The Morgan fingerprint density at radius 1 is 1.35 bits per heavy atom. The Balaban J connectivity index is 1.75. The Morgan fingerprint density at radius 3 is 2.85 bits per heavy atom. The van der Waals surface area contributed by atoms with Crippen LogP contribution in [0.1, 0.15) is 16.2 Å². The van der Waals surface area contributed by atoms with E-state index in [1.807, 2.05) is 6.07 Å². The molecule has 0 aromatic carbocycles. The monoisotopic (exact) mass is 275 g/mol. The first kappa shape index (κ1) is 13.7. The van der Waals surface area contributed by atoms with E-state index in [0.717, 1.165) is 0 Å². The minimum atomic E-state index is -1.13. The Labute approximate surface area is 114 Å². The molecule has 104 valence electrons. The fourth-order valence-electron chi connectivity index (χ4n) is 1.55. The lowest BCUT2D eigenvalue weighted by atomic mass is 10.2. The molecule has 0 aliphatic carbocycles. The van der Waals surface area contributed by atoms with Gasteiger partial charge in [0.2, 0.25) is 5.91 Å². The molecule has 2 aromatic heterocycles. The van der Waals surface area contributed by atoms with Gasteiger partial charge in [-0.2, -0.15) is 0 Å². The summed E-state index contributed by atoms with van der Waals surface area (Å²) in [4.78, 5) is 26.3. The molecule has 0 radical (unpaired) electrons. The number of carbonyl (C=O) groups is 2. The maximum atomic E-state index is 11.6. The molecule has 0 fully saturated rings. The Morgan fingerprint density at radius 2 is 2.20 bits per heavy atom. The van der Waals surface area contributed by atoms with Crippen molar-refractivity contribution in [2.75, 3.05) is 6.54 Å². The van der Waals surface area contributed by atoms with Gasteiger partial charge in [0.25, 0.3) is 0 Å². The average molecular weight is 275 g/mol. The van der Waals surface area contributed by atoms with E-state index >= 15 is 0 Å². The van der Waals surface area contributed by atoms with Crippen molar-refractivity contribution >= 4 is 11.9 Å². The molecule has 2 aromatic rings. The van der Waals surface area contributed by atoms with Crippen LogP contribution in [0.3, 0.4) is 0 Å². The number of aromatic nitrogens is 4. The highest BCUT2D eigenvalue weighted by molar-refractivity contribution is 5.84. The lowest BCUT2D eigenvalue weighted by Gasteiger charge is -2.04. The minimum Gasteiger partial charge on any atom is -0.476 e. The second-order valence-electron chi connectivity index (χ2n) is 4.02. The Bertz CT molecular complexity index is 596. The maximum absolute atomic E-state index is 11.6. The molecule has 8 nitrogen and oxygen atoms in total. The normalized spacial score (nSPS) is 10.2. The second-order valence-corrected chi connectivity index (χ2v) is 4.02. The van der Waals surface area contributed by atoms with Crippen LogP contribution >= 0.6 is 0 Å². The van der Waals surface area contributed by atoms with Crippen LogP contribution in [0.4, 0.5) is 0 Å². The van der Waals surface area contributed by atoms with Crippen molar-refractivity contribution in [3.63, 3.8) is 0 Å². The summed E-state index contributed by atoms with van der Waals surface area (Å²) in [6, 6.07) is 5.38. The van der Waals surface area contributed by atoms with Crippen molar-refractivity contribution in [3.05, 3.63) is 42.0 Å². The maximum Gasteiger partial charge on any atom is 0.358 e. The Kier molecular flexibility index (Phi) is 4.38. The molecule has 2 heterocycles. The molecule has 0 atom stereocenters. The number of carbonyl (C=O) groups excluding carboxylic acids is 1. The molecule has 1 amide bonds. The molecule has 2 N–H and O–H groups in total. The zero-order valence-electron chi connectivity index (χ0n) is 10.6. The van der Waals surface area contributed by atoms with Gasteiger partial charge in [0, 0.05) is 18.4 Å². The van der Waals surface area contributed by atoms with E-state index in [4.69, 9.17) is 5.11 Å². The lowest BCUT2D eigenvalue weighted by molar-refractivity contribution is -0.120. The first-order valence-corrected chi connectivity index (χ1v) is 5.95. The first-order valence-electron chi connectivity index (χ1n) is 5.95. The molecule has 20 heavy (non-hydrogen) atoms. The molecule has 0 saturated heterocycles. The van der Waals surface area contributed by atoms with E-state index in [1.54, 1.807) is 18.3 Å². The van der Waals surface area contributed by atoms with Gasteiger partial charge in [0.15, 0.2) is 5.69 Å². The van der Waals surface area contributed by atoms with Crippen LogP contribution in [0.15, 0.2) is 30.6 Å². The highest BCUT2D eigenvalue weighted by Gasteiger charge is 2.08. The molecule has 0 saturated carbocycles. The summed E-state index contributed by atoms with van der Waals surface area (Å²) >= 11 is 0. The number of pyridine rings is 1. The number of nitrogens with zero attached hydrogens (tertiary/aromatic N) is 4. The van der Waals surface area contributed by atoms with Gasteiger partial charge < -0.3 is 10.4 Å². The van der Waals surface area contributed by atoms with E-state index in [-0.39, 0.29) is 18.0 Å². The van der Waals surface area contributed by atoms with Crippen LogP contribution in [0.25, 0.3) is 0 Å². The van der Waals surface area contributed by atoms with E-state index < -0.39 is 5.97 Å². The molecular weight excluding hydrogens is 262 g/mol. The zero-order chi connectivity index (χ0) is 14.4. The highest BCUT2D eigenvalue weighted by Crippen LogP contribution is 1.95. The van der Waals surface area contributed by atoms with Crippen LogP contribution in [-0.2, 0) is 17.8 Å². The van der Waals surface area contributed by atoms with Crippen molar-refractivity contribution in [1.29, 1.82) is 0 Å². The average Bonchev–Trinajstić information content (AvgIpc) is 2.89. The number of nitrogens with one attached hydrogen (secondary N) is 1. The van der Waals surface area contributed by atoms with Gasteiger partial charge >= 0.3 is 5.97 Å². The van der Waals surface area contributed by atoms with Crippen molar-refractivity contribution in [1.82, 2.24) is 25.3 Å². The van der Waals surface area contributed by atoms with Crippen LogP contribution in [-0.4, -0.2) is 43.5 Å². The third-order valence-electron chi connectivity index (χ3n) is 2.49. The molecule has 0 aliphatic heterocycles. The number of amides is 1. The van der Waals surface area contributed by atoms with E-state index in [2.05, 4.69) is 20.6 Å². The number of aromatic carboxylic acids is 1. The van der Waals surface area contributed by atoms with Gasteiger partial charge in [-0.1, -0.05) is 11.3 Å². The summed E-state index contributed by atoms with van der Waals surface area (Å²) in [6.07, 6.45) is 3.15. The summed E-state index contributed by atoms with van der Waals surface area (Å²) in [5.41, 5.74) is 0.573. The summed E-state index contributed by atoms with van der Waals surface area (Å²) in [5.74, 6) is -1.28. The quantitative estimate of drug-likeness (QED) is 0.751. The predicted octanol–water partition coefficient (Wildman–Crippen LogP) is -0.270. The smallest absolute Gasteiger partial charge is 0.358 e. The standard InChI is InChI=1S/C12H13N5O3/c18-11(7-9-3-1-2-4-13-9)14-5-6-17-8-10(12(19)20)15-16-17/h1-4,8H,5-7H2,(H,14,18)(H,19,20). The predicted molar refractivity (Wildman–Crippen MR) is 67.9 cm³/mol. The summed E-state index contributed by atoms with van der Waals surface area (Å²) in [6.45, 7) is 0.697. The highest BCUT2D eigenvalue weighted by atomic mass is 16.4. The molecule has 0 aliphatic rings. The number of carboxylic acid groups (broad SMARTS) is 1. The van der Waals surface area contributed by atoms with Gasteiger partial charge in [0.1, 0.15) is 0 Å². The van der Waals surface area contributed by atoms with Gasteiger partial charge in [-0.15, -0.1) is 5.10 Å². The Hall–Kier alpha value is -2.77. The topological polar surface area (TPSA) is 110 Å². The molecule has 0 bridgehead atoms. The fourth-order valence-corrected chi connectivity index (χ4v) is 1.55. The van der Waals surface area contributed by atoms with E-state index in [1.165, 1.54) is 10.9 Å². The number of hydrogen-bond donors (Lipinski definition) is 2. The van der Waals surface area contributed by atoms with E-state index in [0.29, 0.717) is 18.8 Å². The first-order chi connectivity index (χ1) is 9.65. The number of hydrogen-bond acceptors (Lipinski definition) is 5. The van der Waals surface area contributed by atoms with Gasteiger partial charge in [0.05, 0.1) is 19.2 Å². The molecule has 2 rings (SSSR count). The third kappa shape index (κ3) is 3.87. The molecule has 0 spiro atoms. The van der Waals surface area contributed by atoms with Gasteiger partial charge in [-0.05, 0) is 12.1 Å². The minimum absolute atomic E-state index is 0.121. The molecule has 0 unspecified atom stereocenters. The summed E-state index contributed by atoms with van der Waals surface area (Å²) in [5, 5.41) is 18.5. The summed E-state index contributed by atoms with van der Waals surface area (Å²) in [7, 11) is 0. The largest absolute Gasteiger partial charge is 0.476 e. The van der Waals surface area contributed by atoms with Crippen LogP contribution in [0.2, 0.25) is 0 Å². The van der Waals surface area contributed by atoms with Crippen molar-refractivity contribution in [2.45, 2.75) is 13.0 Å². The van der Waals surface area contributed by atoms with Crippen LogP contribution in [0, 0.1) is 0 Å². The van der Waals surface area contributed by atoms with Crippen LogP contribution < -0.4 is 5.32 Å². The fraction of sp³-hybridized carbons (Fsp3) is 0.250. The van der Waals surface area contributed by atoms with Crippen molar-refractivity contribution in [3.8, 4) is 0 Å². The van der Waals surface area contributed by atoms with E-state index in [9.17, 15) is 9.59 Å². The van der Waals surface area contributed by atoms with Crippen LogP contribution in [0.5, 0.6) is 0 Å². The summed E-state index contributed by atoms with van der Waals surface area (Å²) < 4.78 is 1.37. The van der Waals surface area contributed by atoms with Gasteiger partial charge in [-0.3, -0.25) is 9.78 Å². The molecule has 8 heteroatoms. The van der Waals surface area contributed by atoms with Gasteiger partial charge in [-0.25, -0.2) is 9.48 Å². The molecular formula is C12H13N5O3. The zero-order valence-corrected chi connectivity index (χ0v) is 10.6. The van der Waals surface area contributed by atoms with Crippen molar-refractivity contribution < 1.29 is 14.7 Å².